The average Bonchev–Trinajstić information content (AvgIpc) is 2.59. The molecule has 27 heavy (non-hydrogen) atoms. The summed E-state index contributed by atoms with van der Waals surface area (Å²) in [5, 5.41) is 17.9. The number of aromatic hydroxyl groups is 1. The van der Waals surface area contributed by atoms with E-state index in [1.165, 1.54) is 18.3 Å². The molecule has 0 aliphatic heterocycles. The van der Waals surface area contributed by atoms with E-state index < -0.39 is 35.8 Å². The molecular formula is C15H11N3O7S2. The molecule has 0 radical (unpaired) electrons. The van der Waals surface area contributed by atoms with Gasteiger partial charge in [-0.2, -0.15) is 16.8 Å². The zero-order valence-electron chi connectivity index (χ0n) is 13.3. The molecule has 0 aliphatic carbocycles. The highest BCUT2D eigenvalue weighted by Crippen LogP contribution is 2.41. The van der Waals surface area contributed by atoms with Gasteiger partial charge in [-0.1, -0.05) is 12.1 Å². The topological polar surface area (TPSA) is 167 Å². The number of phenolic OH excluding ortho intramolecular Hbond substituents is 1. The number of hydrogen-bond acceptors (Lipinski definition) is 8. The second-order valence-electron chi connectivity index (χ2n) is 5.29. The first-order valence-electron chi connectivity index (χ1n) is 7.15. The number of aromatic nitrogens is 1. The molecule has 0 saturated heterocycles. The Bertz CT molecular complexity index is 1270. The number of azo groups is 1. The second-order valence-corrected chi connectivity index (χ2v) is 8.10. The van der Waals surface area contributed by atoms with Crippen LogP contribution in [0.5, 0.6) is 5.75 Å². The fraction of sp³-hybridized carbons (Fsp3) is 0. The first kappa shape index (κ1) is 18.8. The Balaban J connectivity index is 2.33. The zero-order chi connectivity index (χ0) is 19.8. The van der Waals surface area contributed by atoms with E-state index in [0.29, 0.717) is 0 Å². The van der Waals surface area contributed by atoms with E-state index >= 15 is 0 Å². The van der Waals surface area contributed by atoms with Crippen molar-refractivity contribution in [3.63, 3.8) is 0 Å². The van der Waals surface area contributed by atoms with Crippen LogP contribution in [0.25, 0.3) is 10.8 Å². The van der Waals surface area contributed by atoms with Gasteiger partial charge in [0.05, 0.1) is 4.90 Å². The lowest BCUT2D eigenvalue weighted by atomic mass is 10.1. The van der Waals surface area contributed by atoms with Gasteiger partial charge in [0.2, 0.25) is 0 Å². The molecule has 3 rings (SSSR count). The Kier molecular flexibility index (Phi) is 4.65. The number of pyridine rings is 1. The fourth-order valence-electron chi connectivity index (χ4n) is 2.30. The molecule has 0 unspecified atom stereocenters. The van der Waals surface area contributed by atoms with Gasteiger partial charge in [0.1, 0.15) is 10.6 Å². The third-order valence-electron chi connectivity index (χ3n) is 3.50. The van der Waals surface area contributed by atoms with Gasteiger partial charge in [0, 0.05) is 11.6 Å². The van der Waals surface area contributed by atoms with Crippen LogP contribution in [0.3, 0.4) is 0 Å². The van der Waals surface area contributed by atoms with Crippen molar-refractivity contribution in [1.82, 2.24) is 4.98 Å². The summed E-state index contributed by atoms with van der Waals surface area (Å²) in [7, 11) is -9.42. The molecular weight excluding hydrogens is 398 g/mol. The van der Waals surface area contributed by atoms with Crippen molar-refractivity contribution in [3.8, 4) is 5.75 Å². The fourth-order valence-corrected chi connectivity index (χ4v) is 3.43. The first-order chi connectivity index (χ1) is 12.6. The Morgan fingerprint density at radius 1 is 0.889 bits per heavy atom. The normalized spacial score (nSPS) is 12.7. The van der Waals surface area contributed by atoms with Gasteiger partial charge in [-0.25, -0.2) is 4.98 Å². The zero-order valence-corrected chi connectivity index (χ0v) is 14.9. The van der Waals surface area contributed by atoms with Gasteiger partial charge in [0.25, 0.3) is 20.2 Å². The smallest absolute Gasteiger partial charge is 0.298 e. The number of hydrogen-bond donors (Lipinski definition) is 3. The summed E-state index contributed by atoms with van der Waals surface area (Å²) in [6.45, 7) is 0. The van der Waals surface area contributed by atoms with Crippen molar-refractivity contribution >= 4 is 42.5 Å². The first-order valence-corrected chi connectivity index (χ1v) is 10.0. The maximum absolute atomic E-state index is 11.5. The summed E-state index contributed by atoms with van der Waals surface area (Å²) in [6.07, 6.45) is 1.44. The molecule has 0 aliphatic rings. The molecule has 0 bridgehead atoms. The maximum Gasteiger partial charge on any atom is 0.298 e. The minimum atomic E-state index is -4.86. The van der Waals surface area contributed by atoms with E-state index in [2.05, 4.69) is 15.2 Å². The van der Waals surface area contributed by atoms with Gasteiger partial charge < -0.3 is 5.11 Å². The third kappa shape index (κ3) is 3.93. The minimum Gasteiger partial charge on any atom is -0.504 e. The van der Waals surface area contributed by atoms with Crippen LogP contribution in [-0.2, 0) is 20.2 Å². The standard InChI is InChI=1S/C15H11N3O7S2/c19-15-12(27(23,24)25)8-9-7-10(26(20,21)22)4-5-11(9)14(15)18-17-13-3-1-2-6-16-13/h1-8,19H,(H,20,21,22)(H,23,24,25). The van der Waals surface area contributed by atoms with E-state index in [1.807, 2.05) is 0 Å². The second kappa shape index (κ2) is 6.66. The lowest BCUT2D eigenvalue weighted by molar-refractivity contribution is 0.445. The van der Waals surface area contributed by atoms with Crippen LogP contribution in [0.4, 0.5) is 11.5 Å². The number of rotatable bonds is 4. The number of phenols is 1. The van der Waals surface area contributed by atoms with E-state index in [-0.39, 0.29) is 22.3 Å². The van der Waals surface area contributed by atoms with E-state index in [1.54, 1.807) is 12.1 Å². The van der Waals surface area contributed by atoms with Gasteiger partial charge in [0.15, 0.2) is 11.6 Å². The lowest BCUT2D eigenvalue weighted by Gasteiger charge is -2.09. The van der Waals surface area contributed by atoms with E-state index in [4.69, 9.17) is 4.55 Å². The molecule has 0 fully saturated rings. The summed E-state index contributed by atoms with van der Waals surface area (Å²) in [5.41, 5.74) is -0.326. The van der Waals surface area contributed by atoms with Crippen LogP contribution in [0.2, 0.25) is 0 Å². The van der Waals surface area contributed by atoms with Crippen LogP contribution in [-0.4, -0.2) is 36.0 Å². The van der Waals surface area contributed by atoms with Gasteiger partial charge >= 0.3 is 0 Å². The van der Waals surface area contributed by atoms with Crippen molar-refractivity contribution in [2.24, 2.45) is 10.2 Å². The molecule has 3 N–H and O–H groups in total. The molecule has 0 spiro atoms. The van der Waals surface area contributed by atoms with Crippen LogP contribution in [0.15, 0.2) is 68.7 Å². The molecule has 1 heterocycles. The SMILES string of the molecule is O=S(=O)(O)c1ccc2c(N=Nc3ccccn3)c(O)c(S(=O)(=O)O)cc2c1. The Hall–Kier alpha value is -2.93. The van der Waals surface area contributed by atoms with Crippen LogP contribution < -0.4 is 0 Å². The van der Waals surface area contributed by atoms with Crippen LogP contribution >= 0.6 is 0 Å². The summed E-state index contributed by atoms with van der Waals surface area (Å²) in [4.78, 5) is 2.50. The van der Waals surface area contributed by atoms with Crippen molar-refractivity contribution in [2.75, 3.05) is 0 Å². The summed E-state index contributed by atoms with van der Waals surface area (Å²) in [6, 6.07) is 8.86. The van der Waals surface area contributed by atoms with Gasteiger partial charge in [-0.3, -0.25) is 9.11 Å². The van der Waals surface area contributed by atoms with Crippen molar-refractivity contribution in [2.45, 2.75) is 9.79 Å². The Morgan fingerprint density at radius 2 is 1.63 bits per heavy atom. The van der Waals surface area contributed by atoms with Crippen molar-refractivity contribution in [3.05, 3.63) is 48.7 Å². The lowest BCUT2D eigenvalue weighted by Crippen LogP contribution is -2.00. The molecule has 0 atom stereocenters. The highest BCUT2D eigenvalue weighted by atomic mass is 32.2. The number of benzene rings is 2. The van der Waals surface area contributed by atoms with E-state index in [0.717, 1.165) is 18.2 Å². The Labute approximate surface area is 153 Å². The summed E-state index contributed by atoms with van der Waals surface area (Å²) >= 11 is 0. The highest BCUT2D eigenvalue weighted by molar-refractivity contribution is 7.86. The summed E-state index contributed by atoms with van der Waals surface area (Å²) in [5.74, 6) is -0.707. The van der Waals surface area contributed by atoms with Crippen molar-refractivity contribution < 1.29 is 31.0 Å². The van der Waals surface area contributed by atoms with Crippen LogP contribution in [0.1, 0.15) is 0 Å². The summed E-state index contributed by atoms with van der Waals surface area (Å²) < 4.78 is 64.2. The number of nitrogens with zero attached hydrogens (tertiary/aromatic N) is 3. The van der Waals surface area contributed by atoms with E-state index in [9.17, 15) is 26.5 Å². The predicted octanol–water partition coefficient (Wildman–Crippen LogP) is 2.85. The molecule has 140 valence electrons. The largest absolute Gasteiger partial charge is 0.504 e. The quantitative estimate of drug-likeness (QED) is 0.437. The highest BCUT2D eigenvalue weighted by Gasteiger charge is 2.22. The van der Waals surface area contributed by atoms with Crippen LogP contribution in [0, 0.1) is 0 Å². The molecule has 10 nitrogen and oxygen atoms in total. The molecule has 3 aromatic rings. The number of fused-ring (bicyclic) bond motifs is 1. The monoisotopic (exact) mass is 409 g/mol. The minimum absolute atomic E-state index is 0.0227. The van der Waals surface area contributed by atoms with Crippen molar-refractivity contribution in [1.29, 1.82) is 0 Å². The molecule has 0 saturated carbocycles. The third-order valence-corrected chi connectivity index (χ3v) is 5.22. The van der Waals surface area contributed by atoms with Gasteiger partial charge in [-0.05, 0) is 35.7 Å². The Morgan fingerprint density at radius 3 is 2.22 bits per heavy atom. The average molecular weight is 409 g/mol. The van der Waals surface area contributed by atoms with Gasteiger partial charge in [-0.15, -0.1) is 10.2 Å². The maximum atomic E-state index is 11.5. The molecule has 12 heteroatoms. The molecule has 0 amide bonds. The predicted molar refractivity (Wildman–Crippen MR) is 93.7 cm³/mol. The molecule has 1 aromatic heterocycles. The molecule has 2 aromatic carbocycles.